The van der Waals surface area contributed by atoms with Crippen LogP contribution in [0.4, 0.5) is 9.18 Å². The van der Waals surface area contributed by atoms with Crippen molar-refractivity contribution in [2.24, 2.45) is 5.92 Å². The average molecular weight is 383 g/mol. The SMILES string of the molecule is CNC(=O)C1CCS(=O)(=O)C12CN(C(=O)NCCc1cccc(F)c1)C2. The minimum atomic E-state index is -3.41. The van der Waals surface area contributed by atoms with Crippen molar-refractivity contribution in [1.82, 2.24) is 15.5 Å². The van der Waals surface area contributed by atoms with Gasteiger partial charge in [0.1, 0.15) is 10.6 Å². The second-order valence-electron chi connectivity index (χ2n) is 6.81. The predicted octanol–water partition coefficient (Wildman–Crippen LogP) is 0.313. The first-order valence-corrected chi connectivity index (χ1v) is 10.2. The van der Waals surface area contributed by atoms with E-state index in [1.165, 1.54) is 24.1 Å². The molecule has 0 bridgehead atoms. The molecule has 3 amide bonds. The minimum absolute atomic E-state index is 0.0270. The number of halogens is 1. The molecule has 142 valence electrons. The Labute approximate surface area is 151 Å². The summed E-state index contributed by atoms with van der Waals surface area (Å²) in [7, 11) is -1.93. The number of nitrogens with zero attached hydrogens (tertiary/aromatic N) is 1. The molecule has 2 heterocycles. The van der Waals surface area contributed by atoms with Gasteiger partial charge in [0, 0.05) is 26.7 Å². The zero-order chi connectivity index (χ0) is 18.9. The average Bonchev–Trinajstić information content (AvgIpc) is 2.84. The van der Waals surface area contributed by atoms with E-state index < -0.39 is 20.5 Å². The first-order chi connectivity index (χ1) is 12.3. The van der Waals surface area contributed by atoms with Crippen LogP contribution in [0.1, 0.15) is 12.0 Å². The smallest absolute Gasteiger partial charge is 0.317 e. The van der Waals surface area contributed by atoms with E-state index in [0.29, 0.717) is 13.0 Å². The minimum Gasteiger partial charge on any atom is -0.359 e. The Kier molecular flexibility index (Phi) is 4.92. The van der Waals surface area contributed by atoms with Crippen molar-refractivity contribution in [3.63, 3.8) is 0 Å². The van der Waals surface area contributed by atoms with Gasteiger partial charge < -0.3 is 15.5 Å². The van der Waals surface area contributed by atoms with Gasteiger partial charge in [-0.1, -0.05) is 12.1 Å². The molecule has 2 saturated heterocycles. The molecule has 1 unspecified atom stereocenters. The Morgan fingerprint density at radius 2 is 2.08 bits per heavy atom. The van der Waals surface area contributed by atoms with Crippen LogP contribution in [0, 0.1) is 11.7 Å². The summed E-state index contributed by atoms with van der Waals surface area (Å²) in [5.41, 5.74) is 0.767. The summed E-state index contributed by atoms with van der Waals surface area (Å²) >= 11 is 0. The summed E-state index contributed by atoms with van der Waals surface area (Å²) in [5.74, 6) is -1.27. The van der Waals surface area contributed by atoms with Crippen LogP contribution in [0.2, 0.25) is 0 Å². The van der Waals surface area contributed by atoms with E-state index in [2.05, 4.69) is 10.6 Å². The maximum absolute atomic E-state index is 13.1. The first-order valence-electron chi connectivity index (χ1n) is 8.50. The molecule has 2 aliphatic rings. The number of amides is 3. The van der Waals surface area contributed by atoms with E-state index in [4.69, 9.17) is 0 Å². The number of nitrogens with one attached hydrogen (secondary N) is 2. The van der Waals surface area contributed by atoms with Gasteiger partial charge in [-0.05, 0) is 30.5 Å². The molecule has 2 N–H and O–H groups in total. The summed E-state index contributed by atoms with van der Waals surface area (Å²) in [5, 5.41) is 5.23. The highest BCUT2D eigenvalue weighted by molar-refractivity contribution is 7.93. The lowest BCUT2D eigenvalue weighted by Gasteiger charge is -2.49. The molecule has 2 aliphatic heterocycles. The van der Waals surface area contributed by atoms with Crippen molar-refractivity contribution in [1.29, 1.82) is 0 Å². The summed E-state index contributed by atoms with van der Waals surface area (Å²) in [6.07, 6.45) is 0.763. The number of carbonyl (C=O) groups is 2. The van der Waals surface area contributed by atoms with E-state index in [1.807, 2.05) is 0 Å². The fraction of sp³-hybridized carbons (Fsp3) is 0.529. The number of carbonyl (C=O) groups excluding carboxylic acids is 2. The van der Waals surface area contributed by atoms with E-state index in [0.717, 1.165) is 5.56 Å². The number of benzene rings is 1. The summed E-state index contributed by atoms with van der Waals surface area (Å²) in [6.45, 7) is 0.371. The van der Waals surface area contributed by atoms with Crippen molar-refractivity contribution in [3.05, 3.63) is 35.6 Å². The fourth-order valence-electron chi connectivity index (χ4n) is 3.78. The number of urea groups is 1. The third-order valence-corrected chi connectivity index (χ3v) is 7.83. The van der Waals surface area contributed by atoms with Gasteiger partial charge >= 0.3 is 6.03 Å². The van der Waals surface area contributed by atoms with Crippen LogP contribution in [0.15, 0.2) is 24.3 Å². The van der Waals surface area contributed by atoms with Gasteiger partial charge in [0.15, 0.2) is 9.84 Å². The first kappa shape index (κ1) is 18.6. The Balaban J connectivity index is 1.56. The van der Waals surface area contributed by atoms with E-state index >= 15 is 0 Å². The van der Waals surface area contributed by atoms with Gasteiger partial charge in [0.25, 0.3) is 0 Å². The molecule has 9 heteroatoms. The molecular weight excluding hydrogens is 361 g/mol. The normalized spacial score (nSPS) is 22.7. The number of likely N-dealkylation sites (tertiary alicyclic amines) is 1. The number of hydrogen-bond acceptors (Lipinski definition) is 4. The van der Waals surface area contributed by atoms with Crippen LogP contribution >= 0.6 is 0 Å². The molecule has 0 aromatic heterocycles. The van der Waals surface area contributed by atoms with Crippen LogP contribution in [0.5, 0.6) is 0 Å². The quantitative estimate of drug-likeness (QED) is 0.782. The lowest BCUT2D eigenvalue weighted by molar-refractivity contribution is -0.126. The van der Waals surface area contributed by atoms with E-state index in [9.17, 15) is 22.4 Å². The molecular formula is C17H22FN3O4S. The van der Waals surface area contributed by atoms with Crippen LogP contribution < -0.4 is 10.6 Å². The van der Waals surface area contributed by atoms with Gasteiger partial charge in [0.05, 0.1) is 11.7 Å². The monoisotopic (exact) mass is 383 g/mol. The zero-order valence-electron chi connectivity index (χ0n) is 14.5. The van der Waals surface area contributed by atoms with Gasteiger partial charge in [-0.3, -0.25) is 4.79 Å². The maximum atomic E-state index is 13.1. The molecule has 7 nitrogen and oxygen atoms in total. The van der Waals surface area contributed by atoms with Crippen molar-refractivity contribution >= 4 is 21.8 Å². The maximum Gasteiger partial charge on any atom is 0.317 e. The molecule has 1 aromatic rings. The second-order valence-corrected chi connectivity index (χ2v) is 9.26. The molecule has 0 radical (unpaired) electrons. The lowest BCUT2D eigenvalue weighted by atomic mass is 9.83. The van der Waals surface area contributed by atoms with Crippen LogP contribution in [-0.2, 0) is 21.1 Å². The van der Waals surface area contributed by atoms with Crippen LogP contribution in [-0.4, -0.2) is 62.4 Å². The summed E-state index contributed by atoms with van der Waals surface area (Å²) in [6, 6.07) is 5.77. The van der Waals surface area contributed by atoms with E-state index in [-0.39, 0.29) is 43.0 Å². The highest BCUT2D eigenvalue weighted by atomic mass is 32.2. The Morgan fingerprint density at radius 3 is 2.73 bits per heavy atom. The molecule has 1 atom stereocenters. The molecule has 2 fully saturated rings. The number of sulfone groups is 1. The van der Waals surface area contributed by atoms with Gasteiger partial charge in [-0.25, -0.2) is 17.6 Å². The topological polar surface area (TPSA) is 95.6 Å². The van der Waals surface area contributed by atoms with Crippen LogP contribution in [0.25, 0.3) is 0 Å². The van der Waals surface area contributed by atoms with Crippen molar-refractivity contribution < 1.29 is 22.4 Å². The van der Waals surface area contributed by atoms with Crippen molar-refractivity contribution in [3.8, 4) is 0 Å². The number of hydrogen-bond donors (Lipinski definition) is 2. The van der Waals surface area contributed by atoms with Gasteiger partial charge in [-0.2, -0.15) is 0 Å². The summed E-state index contributed by atoms with van der Waals surface area (Å²) in [4.78, 5) is 25.7. The predicted molar refractivity (Wildman–Crippen MR) is 93.8 cm³/mol. The molecule has 26 heavy (non-hydrogen) atoms. The highest BCUT2D eigenvalue weighted by Crippen LogP contribution is 2.44. The molecule has 1 spiro atoms. The third kappa shape index (κ3) is 3.15. The zero-order valence-corrected chi connectivity index (χ0v) is 15.3. The van der Waals surface area contributed by atoms with E-state index in [1.54, 1.807) is 12.1 Å². The van der Waals surface area contributed by atoms with Crippen molar-refractivity contribution in [2.75, 3.05) is 32.4 Å². The van der Waals surface area contributed by atoms with Gasteiger partial charge in [-0.15, -0.1) is 0 Å². The lowest BCUT2D eigenvalue weighted by Crippen LogP contribution is -2.71. The van der Waals surface area contributed by atoms with Crippen molar-refractivity contribution in [2.45, 2.75) is 17.6 Å². The number of rotatable bonds is 4. The molecule has 1 aromatic carbocycles. The Hall–Kier alpha value is -2.16. The standard InChI is InChI=1S/C17H22FN3O4S/c1-19-15(22)14-6-8-26(24,25)17(14)10-21(11-17)16(23)20-7-5-12-3-2-4-13(18)9-12/h2-4,9,14H,5-8,10-11H2,1H3,(H,19,22)(H,20,23). The molecule has 0 saturated carbocycles. The Morgan fingerprint density at radius 1 is 1.35 bits per heavy atom. The van der Waals surface area contributed by atoms with Crippen LogP contribution in [0.3, 0.4) is 0 Å². The largest absolute Gasteiger partial charge is 0.359 e. The third-order valence-electron chi connectivity index (χ3n) is 5.28. The van der Waals surface area contributed by atoms with Gasteiger partial charge in [0.2, 0.25) is 5.91 Å². The highest BCUT2D eigenvalue weighted by Gasteiger charge is 2.64. The molecule has 0 aliphatic carbocycles. The summed E-state index contributed by atoms with van der Waals surface area (Å²) < 4.78 is 36.8. The fourth-order valence-corrected chi connectivity index (χ4v) is 6.09. The Bertz CT molecular complexity index is 821. The second kappa shape index (κ2) is 6.86. The molecule has 3 rings (SSSR count).